The fraction of sp³-hybridized carbons (Fsp3) is 0.476. The molecule has 27 heavy (non-hydrogen) atoms. The van der Waals surface area contributed by atoms with Crippen molar-refractivity contribution in [1.29, 1.82) is 0 Å². The molecular weight excluding hydrogens is 364 g/mol. The Morgan fingerprint density at radius 1 is 1.15 bits per heavy atom. The van der Waals surface area contributed by atoms with Crippen LogP contribution < -0.4 is 5.32 Å². The van der Waals surface area contributed by atoms with Gasteiger partial charge in [-0.05, 0) is 61.6 Å². The smallest absolute Gasteiger partial charge is 0.247 e. The molecule has 140 valence electrons. The third-order valence-corrected chi connectivity index (χ3v) is 7.31. The number of allylic oxidation sites excluding steroid dienone is 2. The number of aryl methyl sites for hydroxylation is 1. The van der Waals surface area contributed by atoms with E-state index in [9.17, 15) is 14.4 Å². The minimum absolute atomic E-state index is 0.164. The van der Waals surface area contributed by atoms with Crippen LogP contribution in [0.2, 0.25) is 5.02 Å². The quantitative estimate of drug-likeness (QED) is 0.643. The van der Waals surface area contributed by atoms with E-state index in [1.807, 2.05) is 13.0 Å². The Hall–Kier alpha value is -2.14. The van der Waals surface area contributed by atoms with Crippen molar-refractivity contribution in [2.75, 3.05) is 5.32 Å². The molecule has 0 spiro atoms. The van der Waals surface area contributed by atoms with Gasteiger partial charge in [0, 0.05) is 10.7 Å². The highest BCUT2D eigenvalue weighted by atomic mass is 35.5. The van der Waals surface area contributed by atoms with Gasteiger partial charge >= 0.3 is 0 Å². The number of carbonyl (C=O) groups is 3. The summed E-state index contributed by atoms with van der Waals surface area (Å²) in [5.74, 6) is 0.142. The zero-order chi connectivity index (χ0) is 19.0. The minimum Gasteiger partial charge on any atom is -0.324 e. The summed E-state index contributed by atoms with van der Waals surface area (Å²) in [5.41, 5.74) is 1.47. The molecule has 1 aromatic carbocycles. The molecule has 0 aromatic heterocycles. The molecule has 1 heterocycles. The number of likely N-dealkylation sites (tertiary alicyclic amines) is 1. The van der Waals surface area contributed by atoms with Crippen LogP contribution in [0, 0.1) is 42.4 Å². The van der Waals surface area contributed by atoms with E-state index >= 15 is 0 Å². The Labute approximate surface area is 162 Å². The fourth-order valence-electron chi connectivity index (χ4n) is 5.40. The van der Waals surface area contributed by atoms with Crippen molar-refractivity contribution >= 4 is 35.0 Å². The Morgan fingerprint density at radius 2 is 1.74 bits per heavy atom. The second kappa shape index (κ2) is 5.68. The molecule has 7 atom stereocenters. The molecule has 1 saturated heterocycles. The van der Waals surface area contributed by atoms with E-state index in [1.165, 1.54) is 4.90 Å². The maximum absolute atomic E-state index is 13.1. The van der Waals surface area contributed by atoms with Gasteiger partial charge in [-0.2, -0.15) is 0 Å². The number of imide groups is 1. The third kappa shape index (κ3) is 2.34. The van der Waals surface area contributed by atoms with Gasteiger partial charge in [0.25, 0.3) is 0 Å². The van der Waals surface area contributed by atoms with Crippen molar-refractivity contribution in [3.8, 4) is 0 Å². The topological polar surface area (TPSA) is 66.5 Å². The lowest BCUT2D eigenvalue weighted by molar-refractivity contribution is -0.146. The Kier molecular flexibility index (Phi) is 3.57. The molecule has 3 fully saturated rings. The third-order valence-electron chi connectivity index (χ3n) is 6.90. The maximum Gasteiger partial charge on any atom is 0.247 e. The number of halogens is 1. The van der Waals surface area contributed by atoms with Crippen LogP contribution in [0.3, 0.4) is 0 Å². The van der Waals surface area contributed by atoms with Crippen LogP contribution in [0.5, 0.6) is 0 Å². The van der Waals surface area contributed by atoms with Crippen LogP contribution >= 0.6 is 11.6 Å². The van der Waals surface area contributed by atoms with Crippen LogP contribution in [-0.4, -0.2) is 28.7 Å². The standard InChI is InChI=1S/C21H21ClN2O3/c1-9-3-4-11(7-16(9)22)23-19(25)10(2)24-20(26)17-12-5-6-13(15-8-14(12)15)18(17)21(24)27/h3-7,10,12-15,17-18H,8H2,1-2H3,(H,23,25)/t10-,12-,13-,14-,15+,17+,18+/m0/s1. The van der Waals surface area contributed by atoms with Gasteiger partial charge in [-0.15, -0.1) is 0 Å². The molecular formula is C21H21ClN2O3. The number of nitrogens with zero attached hydrogens (tertiary/aromatic N) is 1. The van der Waals surface area contributed by atoms with Crippen molar-refractivity contribution < 1.29 is 14.4 Å². The van der Waals surface area contributed by atoms with Gasteiger partial charge in [0.1, 0.15) is 6.04 Å². The first-order chi connectivity index (χ1) is 12.9. The molecule has 5 aliphatic rings. The van der Waals surface area contributed by atoms with Crippen LogP contribution in [0.25, 0.3) is 0 Å². The first kappa shape index (κ1) is 17.0. The predicted molar refractivity (Wildman–Crippen MR) is 101 cm³/mol. The number of nitrogens with one attached hydrogen (secondary N) is 1. The van der Waals surface area contributed by atoms with Crippen molar-refractivity contribution in [3.63, 3.8) is 0 Å². The van der Waals surface area contributed by atoms with Crippen LogP contribution in [0.4, 0.5) is 5.69 Å². The van der Waals surface area contributed by atoms with Crippen LogP contribution in [0.15, 0.2) is 30.4 Å². The van der Waals surface area contributed by atoms with E-state index < -0.39 is 6.04 Å². The molecule has 0 unspecified atom stereocenters. The highest BCUT2D eigenvalue weighted by molar-refractivity contribution is 6.31. The Balaban J connectivity index is 1.37. The van der Waals surface area contributed by atoms with Crippen molar-refractivity contribution in [2.45, 2.75) is 26.3 Å². The highest BCUT2D eigenvalue weighted by Crippen LogP contribution is 2.65. The number of carbonyl (C=O) groups excluding carboxylic acids is 3. The van der Waals surface area contributed by atoms with Gasteiger partial charge in [0.2, 0.25) is 17.7 Å². The van der Waals surface area contributed by atoms with Gasteiger partial charge in [-0.1, -0.05) is 29.8 Å². The summed E-state index contributed by atoms with van der Waals surface area (Å²) in [6.07, 6.45) is 5.39. The second-order valence-corrected chi connectivity index (χ2v) is 8.74. The lowest BCUT2D eigenvalue weighted by atomic mass is 9.63. The minimum atomic E-state index is -0.841. The normalized spacial score (nSPS) is 36.5. The molecule has 1 aliphatic heterocycles. The zero-order valence-electron chi connectivity index (χ0n) is 15.2. The van der Waals surface area contributed by atoms with E-state index in [2.05, 4.69) is 17.5 Å². The molecule has 0 radical (unpaired) electrons. The van der Waals surface area contributed by atoms with Crippen molar-refractivity contribution in [1.82, 2.24) is 4.90 Å². The van der Waals surface area contributed by atoms with Crippen LogP contribution in [0.1, 0.15) is 18.9 Å². The number of benzene rings is 1. The highest BCUT2D eigenvalue weighted by Gasteiger charge is 2.67. The number of hydrogen-bond donors (Lipinski definition) is 1. The van der Waals surface area contributed by atoms with Gasteiger partial charge in [-0.25, -0.2) is 0 Å². The molecule has 1 aromatic rings. The van der Waals surface area contributed by atoms with Gasteiger partial charge in [-0.3, -0.25) is 19.3 Å². The van der Waals surface area contributed by atoms with Gasteiger partial charge < -0.3 is 5.32 Å². The molecule has 4 aliphatic carbocycles. The van der Waals surface area contributed by atoms with Gasteiger partial charge in [0.05, 0.1) is 11.8 Å². The molecule has 3 amide bonds. The van der Waals surface area contributed by atoms with Crippen molar-refractivity contribution in [3.05, 3.63) is 40.9 Å². The molecule has 2 bridgehead atoms. The number of amides is 3. The van der Waals surface area contributed by atoms with E-state index in [-0.39, 0.29) is 41.4 Å². The van der Waals surface area contributed by atoms with Crippen LogP contribution in [-0.2, 0) is 14.4 Å². The Bertz CT molecular complexity index is 875. The monoisotopic (exact) mass is 384 g/mol. The SMILES string of the molecule is Cc1ccc(NC(=O)[C@H](C)N2C(=O)[C@@H]3[C@H]4C=C[C@@H]([C@@H]5C[C@H]45)[C@H]3C2=O)cc1Cl. The molecule has 6 heteroatoms. The lowest BCUT2D eigenvalue weighted by Crippen LogP contribution is -2.46. The summed E-state index contributed by atoms with van der Waals surface area (Å²) in [7, 11) is 0. The predicted octanol–water partition coefficient (Wildman–Crippen LogP) is 3.03. The van der Waals surface area contributed by atoms with Gasteiger partial charge in [0.15, 0.2) is 0 Å². The summed E-state index contributed by atoms with van der Waals surface area (Å²) in [6.45, 7) is 3.50. The number of rotatable bonds is 3. The summed E-state index contributed by atoms with van der Waals surface area (Å²) in [6, 6.07) is 4.41. The lowest BCUT2D eigenvalue weighted by Gasteiger charge is -2.37. The number of hydrogen-bond acceptors (Lipinski definition) is 3. The fourth-order valence-corrected chi connectivity index (χ4v) is 5.58. The molecule has 6 rings (SSSR count). The second-order valence-electron chi connectivity index (χ2n) is 8.33. The summed E-state index contributed by atoms with van der Waals surface area (Å²) >= 11 is 6.11. The van der Waals surface area contributed by atoms with E-state index in [0.717, 1.165) is 12.0 Å². The molecule has 1 N–H and O–H groups in total. The first-order valence-corrected chi connectivity index (χ1v) is 9.88. The summed E-state index contributed by atoms with van der Waals surface area (Å²) < 4.78 is 0. The molecule has 5 nitrogen and oxygen atoms in total. The van der Waals surface area contributed by atoms with Crippen molar-refractivity contribution in [2.24, 2.45) is 35.5 Å². The average Bonchev–Trinajstić information content (AvgIpc) is 3.42. The summed E-state index contributed by atoms with van der Waals surface area (Å²) in [4.78, 5) is 40.1. The Morgan fingerprint density at radius 3 is 2.30 bits per heavy atom. The van der Waals surface area contributed by atoms with E-state index in [0.29, 0.717) is 22.5 Å². The first-order valence-electron chi connectivity index (χ1n) is 9.50. The maximum atomic E-state index is 13.1. The number of anilines is 1. The van der Waals surface area contributed by atoms with E-state index in [1.54, 1.807) is 19.1 Å². The average molecular weight is 385 g/mol. The van der Waals surface area contributed by atoms with E-state index in [4.69, 9.17) is 11.6 Å². The zero-order valence-corrected chi connectivity index (χ0v) is 15.9. The molecule has 2 saturated carbocycles. The largest absolute Gasteiger partial charge is 0.324 e. The summed E-state index contributed by atoms with van der Waals surface area (Å²) in [5, 5.41) is 3.34.